The summed E-state index contributed by atoms with van der Waals surface area (Å²) in [7, 11) is 0. The van der Waals surface area contributed by atoms with E-state index < -0.39 is 0 Å². The number of anilines is 1. The molecule has 2 aromatic rings. The van der Waals surface area contributed by atoms with Crippen molar-refractivity contribution in [3.8, 4) is 0 Å². The van der Waals surface area contributed by atoms with Gasteiger partial charge in [0.15, 0.2) is 0 Å². The molecule has 0 aliphatic heterocycles. The van der Waals surface area contributed by atoms with Crippen molar-refractivity contribution in [2.24, 2.45) is 5.92 Å². The molecule has 0 saturated carbocycles. The molecule has 1 heterocycles. The number of aromatic nitrogens is 1. The Hall–Kier alpha value is -1.83. The van der Waals surface area contributed by atoms with E-state index in [0.29, 0.717) is 12.0 Å². The fourth-order valence-electron chi connectivity index (χ4n) is 2.17. The molecule has 0 radical (unpaired) electrons. The van der Waals surface area contributed by atoms with Gasteiger partial charge in [0.1, 0.15) is 5.82 Å². The molecule has 0 aliphatic carbocycles. The van der Waals surface area contributed by atoms with Crippen molar-refractivity contribution < 1.29 is 0 Å². The fraction of sp³-hybridized carbons (Fsp3) is 0.353. The topological polar surface area (TPSA) is 24.9 Å². The van der Waals surface area contributed by atoms with Crippen LogP contribution in [0.2, 0.25) is 0 Å². The predicted molar refractivity (Wildman–Crippen MR) is 81.2 cm³/mol. The summed E-state index contributed by atoms with van der Waals surface area (Å²) in [4.78, 5) is 4.37. The van der Waals surface area contributed by atoms with Gasteiger partial charge in [-0.3, -0.25) is 0 Å². The van der Waals surface area contributed by atoms with E-state index in [9.17, 15) is 0 Å². The zero-order chi connectivity index (χ0) is 13.7. The first-order valence-corrected chi connectivity index (χ1v) is 6.95. The van der Waals surface area contributed by atoms with Crippen molar-refractivity contribution in [3.63, 3.8) is 0 Å². The molecule has 1 N–H and O–H groups in total. The average Bonchev–Trinajstić information content (AvgIpc) is 2.46. The molecular weight excluding hydrogens is 232 g/mol. The van der Waals surface area contributed by atoms with Crippen molar-refractivity contribution in [1.82, 2.24) is 4.98 Å². The second kappa shape index (κ2) is 6.37. The van der Waals surface area contributed by atoms with E-state index in [1.54, 1.807) is 0 Å². The van der Waals surface area contributed by atoms with Crippen LogP contribution in [0.15, 0.2) is 48.7 Å². The van der Waals surface area contributed by atoms with Crippen LogP contribution in [0.1, 0.15) is 37.4 Å². The number of benzene rings is 1. The quantitative estimate of drug-likeness (QED) is 0.844. The van der Waals surface area contributed by atoms with E-state index in [-0.39, 0.29) is 0 Å². The number of aryl methyl sites for hydroxylation is 1. The Labute approximate surface area is 115 Å². The highest BCUT2D eigenvalue weighted by Crippen LogP contribution is 2.28. The summed E-state index contributed by atoms with van der Waals surface area (Å²) in [5.41, 5.74) is 2.62. The van der Waals surface area contributed by atoms with Crippen molar-refractivity contribution in [2.75, 3.05) is 5.32 Å². The summed E-state index contributed by atoms with van der Waals surface area (Å²) in [6.07, 6.45) is 2.96. The van der Waals surface area contributed by atoms with Gasteiger partial charge in [-0.05, 0) is 30.5 Å². The van der Waals surface area contributed by atoms with Crippen LogP contribution in [-0.2, 0) is 0 Å². The Balaban J connectivity index is 2.23. The maximum atomic E-state index is 4.37. The second-order valence-electron chi connectivity index (χ2n) is 5.13. The molecule has 2 heteroatoms. The molecule has 19 heavy (non-hydrogen) atoms. The third-order valence-electron chi connectivity index (χ3n) is 3.62. The summed E-state index contributed by atoms with van der Waals surface area (Å²) in [6, 6.07) is 15.0. The zero-order valence-corrected chi connectivity index (χ0v) is 11.9. The smallest absolute Gasteiger partial charge is 0.126 e. The minimum absolute atomic E-state index is 0.306. The molecule has 1 aromatic heterocycles. The number of hydrogen-bond acceptors (Lipinski definition) is 2. The lowest BCUT2D eigenvalue weighted by Crippen LogP contribution is -2.19. The Kier molecular flexibility index (Phi) is 4.56. The van der Waals surface area contributed by atoms with Gasteiger partial charge < -0.3 is 5.32 Å². The maximum Gasteiger partial charge on any atom is 0.126 e. The molecule has 2 atom stereocenters. The second-order valence-corrected chi connectivity index (χ2v) is 5.13. The van der Waals surface area contributed by atoms with Crippen LogP contribution in [0.25, 0.3) is 0 Å². The highest BCUT2D eigenvalue weighted by Gasteiger charge is 2.18. The van der Waals surface area contributed by atoms with Gasteiger partial charge in [-0.25, -0.2) is 4.98 Å². The molecule has 0 aliphatic rings. The van der Waals surface area contributed by atoms with Gasteiger partial charge >= 0.3 is 0 Å². The lowest BCUT2D eigenvalue weighted by molar-refractivity contribution is 0.481. The van der Waals surface area contributed by atoms with E-state index in [4.69, 9.17) is 0 Å². The van der Waals surface area contributed by atoms with Crippen LogP contribution in [0.5, 0.6) is 0 Å². The van der Waals surface area contributed by atoms with Crippen molar-refractivity contribution in [3.05, 3.63) is 59.8 Å². The standard InChI is InChI=1S/C17H22N2/c1-4-14(3)17(15-10-8-13(2)9-11-15)19-16-7-5-6-12-18-16/h5-12,14,17H,4H2,1-3H3,(H,18,19). The van der Waals surface area contributed by atoms with Gasteiger partial charge in [0.25, 0.3) is 0 Å². The molecular formula is C17H22N2. The SMILES string of the molecule is CCC(C)C(Nc1ccccn1)c1ccc(C)cc1. The molecule has 2 nitrogen and oxygen atoms in total. The molecule has 0 saturated heterocycles. The van der Waals surface area contributed by atoms with E-state index in [1.165, 1.54) is 11.1 Å². The Morgan fingerprint density at radius 3 is 2.42 bits per heavy atom. The number of hydrogen-bond donors (Lipinski definition) is 1. The normalized spacial score (nSPS) is 13.8. The first-order chi connectivity index (χ1) is 9.20. The first-order valence-electron chi connectivity index (χ1n) is 6.95. The number of rotatable bonds is 5. The van der Waals surface area contributed by atoms with Gasteiger partial charge in [-0.1, -0.05) is 56.2 Å². The lowest BCUT2D eigenvalue weighted by Gasteiger charge is -2.25. The molecule has 2 rings (SSSR count). The third-order valence-corrected chi connectivity index (χ3v) is 3.62. The Morgan fingerprint density at radius 1 is 1.11 bits per heavy atom. The van der Waals surface area contributed by atoms with Crippen LogP contribution in [0.3, 0.4) is 0 Å². The van der Waals surface area contributed by atoms with E-state index in [0.717, 1.165) is 12.2 Å². The van der Waals surface area contributed by atoms with Gasteiger partial charge in [0.2, 0.25) is 0 Å². The van der Waals surface area contributed by atoms with E-state index >= 15 is 0 Å². The molecule has 0 spiro atoms. The fourth-order valence-corrected chi connectivity index (χ4v) is 2.17. The molecule has 1 aromatic carbocycles. The van der Waals surface area contributed by atoms with Gasteiger partial charge in [-0.15, -0.1) is 0 Å². The zero-order valence-electron chi connectivity index (χ0n) is 11.9. The number of nitrogens with zero attached hydrogens (tertiary/aromatic N) is 1. The first kappa shape index (κ1) is 13.6. The highest BCUT2D eigenvalue weighted by atomic mass is 15.0. The Morgan fingerprint density at radius 2 is 1.84 bits per heavy atom. The minimum Gasteiger partial charge on any atom is -0.363 e. The summed E-state index contributed by atoms with van der Waals surface area (Å²) in [5, 5.41) is 3.55. The van der Waals surface area contributed by atoms with E-state index in [1.807, 2.05) is 24.4 Å². The van der Waals surface area contributed by atoms with Crippen LogP contribution in [-0.4, -0.2) is 4.98 Å². The Bertz CT molecular complexity index is 490. The molecule has 2 unspecified atom stereocenters. The highest BCUT2D eigenvalue weighted by molar-refractivity contribution is 5.38. The summed E-state index contributed by atoms with van der Waals surface area (Å²) in [6.45, 7) is 6.63. The minimum atomic E-state index is 0.306. The molecule has 0 amide bonds. The summed E-state index contributed by atoms with van der Waals surface area (Å²) >= 11 is 0. The monoisotopic (exact) mass is 254 g/mol. The number of nitrogens with one attached hydrogen (secondary N) is 1. The van der Waals surface area contributed by atoms with Gasteiger partial charge in [0, 0.05) is 6.20 Å². The van der Waals surface area contributed by atoms with Crippen LogP contribution >= 0.6 is 0 Å². The van der Waals surface area contributed by atoms with Crippen LogP contribution in [0.4, 0.5) is 5.82 Å². The predicted octanol–water partition coefficient (Wildman–Crippen LogP) is 4.59. The van der Waals surface area contributed by atoms with Crippen LogP contribution in [0, 0.1) is 12.8 Å². The van der Waals surface area contributed by atoms with Crippen molar-refractivity contribution in [2.45, 2.75) is 33.2 Å². The molecule has 0 fully saturated rings. The molecule has 100 valence electrons. The third kappa shape index (κ3) is 3.57. The van der Waals surface area contributed by atoms with Gasteiger partial charge in [-0.2, -0.15) is 0 Å². The number of pyridine rings is 1. The van der Waals surface area contributed by atoms with Crippen LogP contribution < -0.4 is 5.32 Å². The summed E-state index contributed by atoms with van der Waals surface area (Å²) < 4.78 is 0. The van der Waals surface area contributed by atoms with E-state index in [2.05, 4.69) is 55.3 Å². The van der Waals surface area contributed by atoms with Gasteiger partial charge in [0.05, 0.1) is 6.04 Å². The maximum absolute atomic E-state index is 4.37. The largest absolute Gasteiger partial charge is 0.363 e. The summed E-state index contributed by atoms with van der Waals surface area (Å²) in [5.74, 6) is 1.50. The van der Waals surface area contributed by atoms with Crippen molar-refractivity contribution in [1.29, 1.82) is 0 Å². The lowest BCUT2D eigenvalue weighted by atomic mass is 9.92. The average molecular weight is 254 g/mol. The molecule has 0 bridgehead atoms. The van der Waals surface area contributed by atoms with Crippen molar-refractivity contribution >= 4 is 5.82 Å².